The second-order valence-corrected chi connectivity index (χ2v) is 3.15. The molecule has 1 heterocycles. The zero-order valence-electron chi connectivity index (χ0n) is 7.95. The van der Waals surface area contributed by atoms with E-state index in [1.165, 1.54) is 0 Å². The van der Waals surface area contributed by atoms with E-state index in [9.17, 15) is 26.7 Å². The van der Waals surface area contributed by atoms with Crippen molar-refractivity contribution in [3.8, 4) is 5.88 Å². The van der Waals surface area contributed by atoms with Crippen LogP contribution in [0.15, 0.2) is 10.9 Å². The highest BCUT2D eigenvalue weighted by molar-refractivity contribution is 6.17. The Morgan fingerprint density at radius 2 is 2.00 bits per heavy atom. The molecule has 0 saturated heterocycles. The van der Waals surface area contributed by atoms with Crippen LogP contribution in [0.5, 0.6) is 5.88 Å². The molecule has 96 valence electrons. The van der Waals surface area contributed by atoms with Gasteiger partial charge in [0.2, 0.25) is 5.88 Å². The molecule has 1 rings (SSSR count). The zero-order chi connectivity index (χ0) is 13.2. The molecule has 0 amide bonds. The number of pyridine rings is 1. The van der Waals surface area contributed by atoms with Crippen LogP contribution in [-0.2, 0) is 5.88 Å². The number of alkyl halides is 6. The minimum atomic E-state index is -5.18. The van der Waals surface area contributed by atoms with Crippen LogP contribution in [0.25, 0.3) is 0 Å². The van der Waals surface area contributed by atoms with E-state index in [-0.39, 0.29) is 0 Å². The molecule has 0 aliphatic rings. The van der Waals surface area contributed by atoms with E-state index < -0.39 is 41.2 Å². The highest BCUT2D eigenvalue weighted by atomic mass is 35.5. The van der Waals surface area contributed by atoms with Crippen LogP contribution < -0.4 is 10.3 Å². The fourth-order valence-corrected chi connectivity index (χ4v) is 1.36. The minimum absolute atomic E-state index is 0.412. The third-order valence-corrected chi connectivity index (χ3v) is 2.00. The van der Waals surface area contributed by atoms with Crippen LogP contribution in [0, 0.1) is 0 Å². The number of ether oxygens (including phenoxy) is 1. The van der Waals surface area contributed by atoms with Gasteiger partial charge < -0.3 is 4.74 Å². The molecule has 0 radical (unpaired) electrons. The molecule has 0 spiro atoms. The average Bonchev–Trinajstić information content (AvgIpc) is 2.12. The number of rotatable bonds is 3. The maximum atomic E-state index is 12.6. The van der Waals surface area contributed by atoms with Crippen molar-refractivity contribution in [3.63, 3.8) is 0 Å². The van der Waals surface area contributed by atoms with Gasteiger partial charge in [0.25, 0.3) is 12.0 Å². The first-order valence-corrected chi connectivity index (χ1v) is 4.64. The van der Waals surface area contributed by atoms with E-state index in [1.807, 2.05) is 0 Å². The summed E-state index contributed by atoms with van der Waals surface area (Å²) in [7, 11) is 0. The number of nitrogens with one attached hydrogen (secondary N) is 1. The molecule has 0 aliphatic heterocycles. The van der Waals surface area contributed by atoms with Gasteiger partial charge >= 0.3 is 6.36 Å². The quantitative estimate of drug-likeness (QED) is 0.682. The lowest BCUT2D eigenvalue weighted by atomic mass is 10.1. The van der Waals surface area contributed by atoms with Crippen LogP contribution in [0.3, 0.4) is 0 Å². The fraction of sp³-hybridized carbons (Fsp3) is 0.375. The lowest BCUT2D eigenvalue weighted by molar-refractivity contribution is -0.276. The number of hydrogen-bond donors (Lipinski definition) is 1. The summed E-state index contributed by atoms with van der Waals surface area (Å²) in [5.41, 5.74) is -2.49. The number of aromatic nitrogens is 1. The molecule has 1 N–H and O–H groups in total. The van der Waals surface area contributed by atoms with Crippen molar-refractivity contribution in [2.75, 3.05) is 0 Å². The van der Waals surface area contributed by atoms with Gasteiger partial charge in [-0.3, -0.25) is 9.78 Å². The highest BCUT2D eigenvalue weighted by Crippen LogP contribution is 2.33. The summed E-state index contributed by atoms with van der Waals surface area (Å²) >= 11 is 5.27. The third kappa shape index (κ3) is 3.58. The van der Waals surface area contributed by atoms with Gasteiger partial charge in [0.1, 0.15) is 0 Å². The highest BCUT2D eigenvalue weighted by Gasteiger charge is 2.34. The Morgan fingerprint density at radius 3 is 2.41 bits per heavy atom. The van der Waals surface area contributed by atoms with Crippen molar-refractivity contribution < 1.29 is 26.7 Å². The number of H-pyrrole nitrogens is 1. The number of hydrogen-bond acceptors (Lipinski definition) is 2. The first-order valence-electron chi connectivity index (χ1n) is 4.10. The Balaban J connectivity index is 3.36. The van der Waals surface area contributed by atoms with Crippen molar-refractivity contribution in [2.45, 2.75) is 18.7 Å². The zero-order valence-corrected chi connectivity index (χ0v) is 8.70. The number of halogens is 6. The molecule has 17 heavy (non-hydrogen) atoms. The van der Waals surface area contributed by atoms with Crippen LogP contribution in [-0.4, -0.2) is 11.3 Å². The molecule has 3 nitrogen and oxygen atoms in total. The lowest BCUT2D eigenvalue weighted by Crippen LogP contribution is -2.22. The second-order valence-electron chi connectivity index (χ2n) is 2.88. The van der Waals surface area contributed by atoms with Crippen LogP contribution in [0.1, 0.15) is 17.6 Å². The van der Waals surface area contributed by atoms with Gasteiger partial charge in [0.05, 0.1) is 5.56 Å². The Morgan fingerprint density at radius 1 is 1.41 bits per heavy atom. The van der Waals surface area contributed by atoms with Crippen LogP contribution in [0.2, 0.25) is 0 Å². The number of aromatic amines is 1. The predicted octanol–water partition coefficient (Wildman–Crippen LogP) is 2.95. The van der Waals surface area contributed by atoms with Crippen molar-refractivity contribution in [3.05, 3.63) is 27.5 Å². The third-order valence-electron chi connectivity index (χ3n) is 1.71. The molecule has 0 atom stereocenters. The molecule has 0 saturated carbocycles. The summed E-state index contributed by atoms with van der Waals surface area (Å²) < 4.78 is 64.2. The first-order chi connectivity index (χ1) is 7.74. The van der Waals surface area contributed by atoms with E-state index in [2.05, 4.69) is 4.74 Å². The van der Waals surface area contributed by atoms with Crippen molar-refractivity contribution in [1.82, 2.24) is 4.98 Å². The van der Waals surface area contributed by atoms with Gasteiger partial charge in [-0.1, -0.05) is 0 Å². The fourth-order valence-electron chi connectivity index (χ4n) is 1.14. The monoisotopic (exact) mass is 277 g/mol. The van der Waals surface area contributed by atoms with E-state index >= 15 is 0 Å². The predicted molar refractivity (Wildman–Crippen MR) is 48.3 cm³/mol. The summed E-state index contributed by atoms with van der Waals surface area (Å²) in [6.07, 6.45) is -8.43. The first kappa shape index (κ1) is 13.8. The van der Waals surface area contributed by atoms with Gasteiger partial charge in [-0.2, -0.15) is 0 Å². The van der Waals surface area contributed by atoms with Crippen LogP contribution >= 0.6 is 11.6 Å². The molecule has 0 bridgehead atoms. The average molecular weight is 278 g/mol. The molecular formula is C8H5ClF5NO2. The van der Waals surface area contributed by atoms with Gasteiger partial charge in [-0.25, -0.2) is 8.78 Å². The molecule has 0 unspecified atom stereocenters. The summed E-state index contributed by atoms with van der Waals surface area (Å²) in [5.74, 6) is -1.87. The van der Waals surface area contributed by atoms with Gasteiger partial charge in [0, 0.05) is 11.9 Å². The molecule has 1 aromatic rings. The van der Waals surface area contributed by atoms with E-state index in [4.69, 9.17) is 11.6 Å². The lowest BCUT2D eigenvalue weighted by Gasteiger charge is -2.14. The SMILES string of the molecule is O=c1cc(CCl)c(C(F)F)c(OC(F)(F)F)[nH]1. The van der Waals surface area contributed by atoms with E-state index in [1.54, 1.807) is 4.98 Å². The van der Waals surface area contributed by atoms with E-state index in [0.29, 0.717) is 6.07 Å². The molecular weight excluding hydrogens is 273 g/mol. The van der Waals surface area contributed by atoms with E-state index in [0.717, 1.165) is 0 Å². The Kier molecular flexibility index (Phi) is 3.97. The summed E-state index contributed by atoms with van der Waals surface area (Å²) in [4.78, 5) is 12.5. The van der Waals surface area contributed by atoms with Gasteiger partial charge in [-0.15, -0.1) is 24.8 Å². The molecule has 1 aromatic heterocycles. The van der Waals surface area contributed by atoms with Crippen molar-refractivity contribution >= 4 is 11.6 Å². The summed E-state index contributed by atoms with van der Waals surface area (Å²) in [6.45, 7) is 0. The van der Waals surface area contributed by atoms with Crippen molar-refractivity contribution in [2.24, 2.45) is 0 Å². The minimum Gasteiger partial charge on any atom is -0.389 e. The van der Waals surface area contributed by atoms with Crippen molar-refractivity contribution in [1.29, 1.82) is 0 Å². The standard InChI is InChI=1S/C8H5ClF5NO2/c9-2-3-1-4(16)15-7(5(3)6(10)11)17-8(12,13)14/h1,6H,2H2,(H,15,16). The maximum absolute atomic E-state index is 12.6. The maximum Gasteiger partial charge on any atom is 0.574 e. The molecule has 0 aliphatic carbocycles. The smallest absolute Gasteiger partial charge is 0.389 e. The Labute approximate surface area is 96.2 Å². The molecule has 0 aromatic carbocycles. The molecule has 9 heteroatoms. The van der Waals surface area contributed by atoms with Gasteiger partial charge in [0.15, 0.2) is 0 Å². The molecule has 0 fully saturated rings. The Hall–Kier alpha value is -1.31. The second kappa shape index (κ2) is 4.91. The topological polar surface area (TPSA) is 42.1 Å². The van der Waals surface area contributed by atoms with Crippen LogP contribution in [0.4, 0.5) is 22.0 Å². The Bertz CT molecular complexity index is 456. The largest absolute Gasteiger partial charge is 0.574 e. The normalized spacial score (nSPS) is 11.9. The summed E-state index contributed by atoms with van der Waals surface area (Å²) in [6, 6.07) is 0.692. The summed E-state index contributed by atoms with van der Waals surface area (Å²) in [5, 5.41) is 0. The van der Waals surface area contributed by atoms with Gasteiger partial charge in [-0.05, 0) is 5.56 Å².